The number of nitrogens with zero attached hydrogens (tertiary/aromatic N) is 1. The number of phenols is 1. The van der Waals surface area contributed by atoms with Gasteiger partial charge in [-0.3, -0.25) is 0 Å². The fourth-order valence-electron chi connectivity index (χ4n) is 1.66. The number of benzene rings is 1. The normalized spacial score (nSPS) is 11.7. The molecule has 0 saturated carbocycles. The average molecular weight is 296 g/mol. The monoisotopic (exact) mass is 296 g/mol. The number of likely N-dealkylation sites (N-methyl/N-ethyl adjacent to an activating group) is 1. The molecule has 1 atom stereocenters. The Balaban J connectivity index is 2.63. The molecule has 1 aromatic carbocycles. The van der Waals surface area contributed by atoms with E-state index in [1.54, 1.807) is 19.2 Å². The van der Waals surface area contributed by atoms with Gasteiger partial charge in [0.15, 0.2) is 0 Å². The van der Waals surface area contributed by atoms with E-state index in [0.717, 1.165) is 0 Å². The molecule has 0 saturated heterocycles. The fourth-order valence-corrected chi connectivity index (χ4v) is 1.66. The van der Waals surface area contributed by atoms with Crippen molar-refractivity contribution in [3.63, 3.8) is 0 Å². The number of aromatic hydroxyl groups is 1. The predicted molar refractivity (Wildman–Crippen MR) is 76.3 cm³/mol. The second kappa shape index (κ2) is 8.11. The third-order valence-corrected chi connectivity index (χ3v) is 2.95. The van der Waals surface area contributed by atoms with E-state index in [9.17, 15) is 19.8 Å². The number of aliphatic carboxylic acids is 1. The molecule has 0 radical (unpaired) electrons. The van der Waals surface area contributed by atoms with Crippen LogP contribution in [0, 0.1) is 0 Å². The third-order valence-electron chi connectivity index (χ3n) is 2.95. The van der Waals surface area contributed by atoms with Crippen molar-refractivity contribution in [2.24, 2.45) is 0 Å². The van der Waals surface area contributed by atoms with E-state index in [4.69, 9.17) is 4.74 Å². The zero-order valence-electron chi connectivity index (χ0n) is 12.1. The standard InChI is InChI=1S/C14H20N2O5/c1-16(7-8-21-2)14(20)15-12(13(18)19)9-10-3-5-11(17)6-4-10/h3-6,12,17H,7-9H2,1-2H3,(H,15,20)(H,18,19). The highest BCUT2D eigenvalue weighted by molar-refractivity contribution is 5.82. The van der Waals surface area contributed by atoms with Crippen molar-refractivity contribution in [2.75, 3.05) is 27.3 Å². The van der Waals surface area contributed by atoms with Gasteiger partial charge in [-0.15, -0.1) is 0 Å². The SMILES string of the molecule is COCCN(C)C(=O)NC(Cc1ccc(O)cc1)C(=O)O. The summed E-state index contributed by atoms with van der Waals surface area (Å²) in [5, 5.41) is 20.8. The molecule has 0 fully saturated rings. The lowest BCUT2D eigenvalue weighted by Gasteiger charge is -2.21. The minimum Gasteiger partial charge on any atom is -0.508 e. The van der Waals surface area contributed by atoms with Crippen LogP contribution in [0.1, 0.15) is 5.56 Å². The highest BCUT2D eigenvalue weighted by atomic mass is 16.5. The average Bonchev–Trinajstić information content (AvgIpc) is 2.45. The summed E-state index contributed by atoms with van der Waals surface area (Å²) < 4.78 is 4.86. The van der Waals surface area contributed by atoms with E-state index in [-0.39, 0.29) is 12.2 Å². The molecule has 1 rings (SSSR count). The number of carbonyl (C=O) groups excluding carboxylic acids is 1. The highest BCUT2D eigenvalue weighted by Crippen LogP contribution is 2.11. The summed E-state index contributed by atoms with van der Waals surface area (Å²) in [5.74, 6) is -1.01. The van der Waals surface area contributed by atoms with Crippen LogP contribution < -0.4 is 5.32 Å². The minimum absolute atomic E-state index is 0.106. The number of ether oxygens (including phenoxy) is 1. The fraction of sp³-hybridized carbons (Fsp3) is 0.429. The van der Waals surface area contributed by atoms with Gasteiger partial charge in [-0.25, -0.2) is 9.59 Å². The zero-order chi connectivity index (χ0) is 15.8. The van der Waals surface area contributed by atoms with Crippen LogP contribution in [0.4, 0.5) is 4.79 Å². The van der Waals surface area contributed by atoms with Gasteiger partial charge in [-0.05, 0) is 17.7 Å². The molecule has 0 spiro atoms. The van der Waals surface area contributed by atoms with E-state index in [2.05, 4.69) is 5.32 Å². The Morgan fingerprint density at radius 3 is 2.48 bits per heavy atom. The molecule has 116 valence electrons. The van der Waals surface area contributed by atoms with Crippen molar-refractivity contribution < 1.29 is 24.5 Å². The van der Waals surface area contributed by atoms with Crippen LogP contribution in [0.2, 0.25) is 0 Å². The largest absolute Gasteiger partial charge is 0.508 e. The van der Waals surface area contributed by atoms with E-state index in [1.807, 2.05) is 0 Å². The number of urea groups is 1. The zero-order valence-corrected chi connectivity index (χ0v) is 12.1. The topological polar surface area (TPSA) is 99.1 Å². The lowest BCUT2D eigenvalue weighted by molar-refractivity contribution is -0.139. The Bertz CT molecular complexity index is 475. The molecule has 2 amide bonds. The van der Waals surface area contributed by atoms with Crippen molar-refractivity contribution in [3.8, 4) is 5.75 Å². The van der Waals surface area contributed by atoms with Crippen LogP contribution >= 0.6 is 0 Å². The summed E-state index contributed by atoms with van der Waals surface area (Å²) in [4.78, 5) is 24.5. The Morgan fingerprint density at radius 1 is 1.33 bits per heavy atom. The van der Waals surface area contributed by atoms with Crippen LogP contribution in [0.3, 0.4) is 0 Å². The Morgan fingerprint density at radius 2 is 1.95 bits per heavy atom. The Kier molecular flexibility index (Phi) is 6.48. The number of hydrogen-bond donors (Lipinski definition) is 3. The van der Waals surface area contributed by atoms with Crippen LogP contribution in [0.25, 0.3) is 0 Å². The van der Waals surface area contributed by atoms with E-state index in [1.165, 1.54) is 24.1 Å². The first-order valence-electron chi connectivity index (χ1n) is 6.45. The summed E-state index contributed by atoms with van der Waals surface area (Å²) in [6.07, 6.45) is 0.138. The molecule has 0 aliphatic carbocycles. The highest BCUT2D eigenvalue weighted by Gasteiger charge is 2.22. The molecule has 0 aromatic heterocycles. The summed E-state index contributed by atoms with van der Waals surface area (Å²) in [6.45, 7) is 0.744. The molecular formula is C14H20N2O5. The maximum atomic E-state index is 11.9. The maximum absolute atomic E-state index is 11.9. The number of phenolic OH excluding ortho intramolecular Hbond substituents is 1. The van der Waals surface area contributed by atoms with Crippen LogP contribution in [-0.4, -0.2) is 60.5 Å². The molecule has 1 unspecified atom stereocenters. The van der Waals surface area contributed by atoms with Gasteiger partial charge in [0, 0.05) is 27.1 Å². The number of carbonyl (C=O) groups is 2. The number of carboxylic acid groups (broad SMARTS) is 1. The van der Waals surface area contributed by atoms with Crippen LogP contribution in [-0.2, 0) is 16.0 Å². The molecule has 1 aromatic rings. The maximum Gasteiger partial charge on any atom is 0.326 e. The molecule has 0 heterocycles. The van der Waals surface area contributed by atoms with Crippen molar-refractivity contribution in [2.45, 2.75) is 12.5 Å². The Labute approximate surface area is 123 Å². The van der Waals surface area contributed by atoms with Crippen molar-refractivity contribution >= 4 is 12.0 Å². The number of rotatable bonds is 7. The number of amides is 2. The van der Waals surface area contributed by atoms with E-state index in [0.29, 0.717) is 18.7 Å². The number of nitrogens with one attached hydrogen (secondary N) is 1. The minimum atomic E-state index is -1.11. The molecule has 0 aliphatic rings. The molecule has 0 bridgehead atoms. The van der Waals surface area contributed by atoms with E-state index < -0.39 is 18.0 Å². The second-order valence-corrected chi connectivity index (χ2v) is 4.63. The smallest absolute Gasteiger partial charge is 0.326 e. The number of methoxy groups -OCH3 is 1. The third kappa shape index (κ3) is 5.70. The van der Waals surface area contributed by atoms with Crippen LogP contribution in [0.15, 0.2) is 24.3 Å². The first-order chi connectivity index (χ1) is 9.93. The quantitative estimate of drug-likeness (QED) is 0.687. The van der Waals surface area contributed by atoms with Gasteiger partial charge in [-0.1, -0.05) is 12.1 Å². The summed E-state index contributed by atoms with van der Waals surface area (Å²) in [6, 6.07) is 4.67. The second-order valence-electron chi connectivity index (χ2n) is 4.63. The summed E-state index contributed by atoms with van der Waals surface area (Å²) in [7, 11) is 3.09. The molecule has 7 nitrogen and oxygen atoms in total. The van der Waals surface area contributed by atoms with Crippen LogP contribution in [0.5, 0.6) is 5.75 Å². The lowest BCUT2D eigenvalue weighted by atomic mass is 10.1. The molecule has 21 heavy (non-hydrogen) atoms. The molecule has 0 aliphatic heterocycles. The van der Waals surface area contributed by atoms with Gasteiger partial charge in [0.1, 0.15) is 11.8 Å². The molecule has 3 N–H and O–H groups in total. The molecular weight excluding hydrogens is 276 g/mol. The summed E-state index contributed by atoms with van der Waals surface area (Å²) in [5.41, 5.74) is 0.708. The van der Waals surface area contributed by atoms with Gasteiger partial charge in [-0.2, -0.15) is 0 Å². The summed E-state index contributed by atoms with van der Waals surface area (Å²) >= 11 is 0. The van der Waals surface area contributed by atoms with Gasteiger partial charge >= 0.3 is 12.0 Å². The van der Waals surface area contributed by atoms with Crippen molar-refractivity contribution in [1.82, 2.24) is 10.2 Å². The molecule has 7 heteroatoms. The van der Waals surface area contributed by atoms with E-state index >= 15 is 0 Å². The lowest BCUT2D eigenvalue weighted by Crippen LogP contribution is -2.48. The first-order valence-corrected chi connectivity index (χ1v) is 6.45. The van der Waals surface area contributed by atoms with Gasteiger partial charge in [0.05, 0.1) is 6.61 Å². The van der Waals surface area contributed by atoms with Crippen molar-refractivity contribution in [1.29, 1.82) is 0 Å². The van der Waals surface area contributed by atoms with Gasteiger partial charge in [0.2, 0.25) is 0 Å². The number of hydrogen-bond acceptors (Lipinski definition) is 4. The van der Waals surface area contributed by atoms with Gasteiger partial charge in [0.25, 0.3) is 0 Å². The van der Waals surface area contributed by atoms with Crippen molar-refractivity contribution in [3.05, 3.63) is 29.8 Å². The number of carboxylic acids is 1. The Hall–Kier alpha value is -2.28. The first kappa shape index (κ1) is 16.8. The van der Waals surface area contributed by atoms with Gasteiger partial charge < -0.3 is 25.2 Å². The predicted octanol–water partition coefficient (Wildman–Crippen LogP) is 0.676.